The fourth-order valence-corrected chi connectivity index (χ4v) is 3.75. The Morgan fingerprint density at radius 1 is 1.09 bits per heavy atom. The summed E-state index contributed by atoms with van der Waals surface area (Å²) in [7, 11) is 0. The number of ether oxygens (including phenoxy) is 1. The fraction of sp³-hybridized carbons (Fsp3) is 0.462. The van der Waals surface area contributed by atoms with Gasteiger partial charge in [0, 0.05) is 31.0 Å². The number of carbonyl (C=O) groups excluding carboxylic acids is 2. The number of nitrogens with zero attached hydrogens (tertiary/aromatic N) is 1. The van der Waals surface area contributed by atoms with Gasteiger partial charge in [-0.3, -0.25) is 9.59 Å². The Balaban J connectivity index is 1.66. The lowest BCUT2D eigenvalue weighted by Gasteiger charge is -2.33. The molecule has 6 heteroatoms. The average Bonchev–Trinajstić information content (AvgIpc) is 2.79. The van der Waals surface area contributed by atoms with E-state index in [4.69, 9.17) is 4.74 Å². The molecule has 32 heavy (non-hydrogen) atoms. The van der Waals surface area contributed by atoms with E-state index < -0.39 is 0 Å². The van der Waals surface area contributed by atoms with Crippen LogP contribution in [0.3, 0.4) is 0 Å². The topological polar surface area (TPSA) is 70.7 Å². The smallest absolute Gasteiger partial charge is 0.253 e. The van der Waals surface area contributed by atoms with Crippen molar-refractivity contribution in [2.45, 2.75) is 40.2 Å². The first-order chi connectivity index (χ1) is 15.4. The van der Waals surface area contributed by atoms with E-state index in [-0.39, 0.29) is 18.4 Å². The van der Waals surface area contributed by atoms with Crippen LogP contribution in [0, 0.1) is 11.8 Å². The van der Waals surface area contributed by atoms with Gasteiger partial charge < -0.3 is 20.3 Å². The van der Waals surface area contributed by atoms with Crippen LogP contribution in [0.1, 0.15) is 49.5 Å². The van der Waals surface area contributed by atoms with Gasteiger partial charge in [-0.15, -0.1) is 0 Å². The fourth-order valence-electron chi connectivity index (χ4n) is 3.75. The van der Waals surface area contributed by atoms with Crippen molar-refractivity contribution in [1.82, 2.24) is 5.32 Å². The third-order valence-corrected chi connectivity index (χ3v) is 5.66. The summed E-state index contributed by atoms with van der Waals surface area (Å²) < 4.78 is 5.53. The molecule has 1 saturated heterocycles. The van der Waals surface area contributed by atoms with Crippen LogP contribution in [0.5, 0.6) is 0 Å². The largest absolute Gasteiger partial charge is 0.371 e. The SMILES string of the molecule is CC(C)CNC(=O)c1cc(NC(=O)COCc2ccccc2)ccc1N1CCC(C)CC1. The second-order valence-electron chi connectivity index (χ2n) is 9.03. The number of piperidine rings is 1. The van der Waals surface area contributed by atoms with E-state index >= 15 is 0 Å². The average molecular weight is 438 g/mol. The molecule has 0 radical (unpaired) electrons. The van der Waals surface area contributed by atoms with Crippen molar-refractivity contribution in [1.29, 1.82) is 0 Å². The highest BCUT2D eigenvalue weighted by molar-refractivity contribution is 6.02. The summed E-state index contributed by atoms with van der Waals surface area (Å²) in [6, 6.07) is 15.3. The van der Waals surface area contributed by atoms with Crippen molar-refractivity contribution in [3.8, 4) is 0 Å². The molecule has 0 saturated carbocycles. The number of benzene rings is 2. The summed E-state index contributed by atoms with van der Waals surface area (Å²) in [6.45, 7) is 9.22. The molecule has 1 aliphatic rings. The first-order valence-corrected chi connectivity index (χ1v) is 11.5. The van der Waals surface area contributed by atoms with Crippen molar-refractivity contribution in [3.63, 3.8) is 0 Å². The van der Waals surface area contributed by atoms with Crippen LogP contribution in [0.4, 0.5) is 11.4 Å². The molecular formula is C26H35N3O3. The normalized spacial score (nSPS) is 14.4. The van der Waals surface area contributed by atoms with E-state index in [1.807, 2.05) is 42.5 Å². The minimum Gasteiger partial charge on any atom is -0.371 e. The van der Waals surface area contributed by atoms with Gasteiger partial charge in [0.15, 0.2) is 0 Å². The Morgan fingerprint density at radius 2 is 1.81 bits per heavy atom. The number of hydrogen-bond donors (Lipinski definition) is 2. The van der Waals surface area contributed by atoms with Crippen LogP contribution < -0.4 is 15.5 Å². The summed E-state index contributed by atoms with van der Waals surface area (Å²) >= 11 is 0. The van der Waals surface area contributed by atoms with Gasteiger partial charge in [0.1, 0.15) is 6.61 Å². The van der Waals surface area contributed by atoms with Crippen LogP contribution >= 0.6 is 0 Å². The molecule has 2 aromatic carbocycles. The third-order valence-electron chi connectivity index (χ3n) is 5.66. The Labute approximate surface area is 191 Å². The minimum absolute atomic E-state index is 0.0461. The van der Waals surface area contributed by atoms with Gasteiger partial charge in [-0.1, -0.05) is 51.1 Å². The second-order valence-corrected chi connectivity index (χ2v) is 9.03. The Morgan fingerprint density at radius 3 is 2.50 bits per heavy atom. The van der Waals surface area contributed by atoms with E-state index in [0.717, 1.165) is 37.2 Å². The zero-order valence-electron chi connectivity index (χ0n) is 19.4. The van der Waals surface area contributed by atoms with Crippen LogP contribution in [0.15, 0.2) is 48.5 Å². The summed E-state index contributed by atoms with van der Waals surface area (Å²) in [5, 5.41) is 5.88. The molecule has 172 valence electrons. The van der Waals surface area contributed by atoms with Crippen LogP contribution in [-0.4, -0.2) is 38.1 Å². The molecule has 2 N–H and O–H groups in total. The number of nitrogens with one attached hydrogen (secondary N) is 2. The molecule has 2 aromatic rings. The molecule has 0 unspecified atom stereocenters. The van der Waals surface area contributed by atoms with E-state index in [0.29, 0.717) is 36.2 Å². The molecular weight excluding hydrogens is 402 g/mol. The zero-order chi connectivity index (χ0) is 22.9. The lowest BCUT2D eigenvalue weighted by Crippen LogP contribution is -2.35. The van der Waals surface area contributed by atoms with Gasteiger partial charge in [-0.2, -0.15) is 0 Å². The molecule has 0 aromatic heterocycles. The third kappa shape index (κ3) is 7.09. The monoisotopic (exact) mass is 437 g/mol. The molecule has 0 atom stereocenters. The maximum Gasteiger partial charge on any atom is 0.253 e. The van der Waals surface area contributed by atoms with Crippen LogP contribution in [-0.2, 0) is 16.1 Å². The highest BCUT2D eigenvalue weighted by atomic mass is 16.5. The van der Waals surface area contributed by atoms with Crippen molar-refractivity contribution < 1.29 is 14.3 Å². The van der Waals surface area contributed by atoms with Crippen LogP contribution in [0.25, 0.3) is 0 Å². The van der Waals surface area contributed by atoms with Crippen LogP contribution in [0.2, 0.25) is 0 Å². The predicted octanol–water partition coefficient (Wildman–Crippen LogP) is 4.46. The standard InChI is InChI=1S/C26H35N3O3/c1-19(2)16-27-26(31)23-15-22(9-10-24(23)29-13-11-20(3)12-14-29)28-25(30)18-32-17-21-7-5-4-6-8-21/h4-10,15,19-20H,11-14,16-18H2,1-3H3,(H,27,31)(H,28,30). The van der Waals surface area contributed by atoms with E-state index in [2.05, 4.69) is 36.3 Å². The Hall–Kier alpha value is -2.86. The number of hydrogen-bond acceptors (Lipinski definition) is 4. The number of rotatable bonds is 9. The molecule has 6 nitrogen and oxygen atoms in total. The number of anilines is 2. The first-order valence-electron chi connectivity index (χ1n) is 11.5. The molecule has 1 heterocycles. The molecule has 3 rings (SSSR count). The highest BCUT2D eigenvalue weighted by Gasteiger charge is 2.22. The summed E-state index contributed by atoms with van der Waals surface area (Å²) in [6.07, 6.45) is 2.23. The molecule has 0 spiro atoms. The number of amides is 2. The maximum atomic E-state index is 13.0. The van der Waals surface area contributed by atoms with Gasteiger partial charge >= 0.3 is 0 Å². The van der Waals surface area contributed by atoms with Crippen molar-refractivity contribution in [2.75, 3.05) is 36.5 Å². The molecule has 0 bridgehead atoms. The molecule has 1 aliphatic heterocycles. The van der Waals surface area contributed by atoms with Crippen molar-refractivity contribution in [3.05, 3.63) is 59.7 Å². The van der Waals surface area contributed by atoms with E-state index in [9.17, 15) is 9.59 Å². The molecule has 2 amide bonds. The summed E-state index contributed by atoms with van der Waals surface area (Å²) in [4.78, 5) is 27.6. The first kappa shape index (κ1) is 23.8. The highest BCUT2D eigenvalue weighted by Crippen LogP contribution is 2.28. The summed E-state index contributed by atoms with van der Waals surface area (Å²) in [5.74, 6) is 0.722. The van der Waals surface area contributed by atoms with Gasteiger partial charge in [0.2, 0.25) is 5.91 Å². The summed E-state index contributed by atoms with van der Waals surface area (Å²) in [5.41, 5.74) is 3.14. The quantitative estimate of drug-likeness (QED) is 0.607. The molecule has 0 aliphatic carbocycles. The van der Waals surface area contributed by atoms with Gasteiger partial charge in [0.25, 0.3) is 5.91 Å². The zero-order valence-corrected chi connectivity index (χ0v) is 19.4. The Kier molecular flexibility index (Phi) is 8.68. The minimum atomic E-state index is -0.242. The lowest BCUT2D eigenvalue weighted by atomic mass is 9.97. The second kappa shape index (κ2) is 11.7. The number of carbonyl (C=O) groups is 2. The van der Waals surface area contributed by atoms with Crippen molar-refractivity contribution >= 4 is 23.2 Å². The van der Waals surface area contributed by atoms with E-state index in [1.54, 1.807) is 6.07 Å². The Bertz CT molecular complexity index is 890. The predicted molar refractivity (Wildman–Crippen MR) is 129 cm³/mol. The van der Waals surface area contributed by atoms with Gasteiger partial charge in [-0.25, -0.2) is 0 Å². The van der Waals surface area contributed by atoms with Gasteiger partial charge in [0.05, 0.1) is 12.2 Å². The molecule has 1 fully saturated rings. The van der Waals surface area contributed by atoms with Crippen molar-refractivity contribution in [2.24, 2.45) is 11.8 Å². The maximum absolute atomic E-state index is 13.0. The van der Waals surface area contributed by atoms with Gasteiger partial charge in [-0.05, 0) is 48.4 Å². The lowest BCUT2D eigenvalue weighted by molar-refractivity contribution is -0.121. The van der Waals surface area contributed by atoms with E-state index in [1.165, 1.54) is 0 Å².